The molecule has 5 amide bonds. The first-order chi connectivity index (χ1) is 29.4. The minimum absolute atomic E-state index is 0. The van der Waals surface area contributed by atoms with Crippen LogP contribution in [0.1, 0.15) is 74.9 Å². The average Bonchev–Trinajstić information content (AvgIpc) is 3.75. The van der Waals surface area contributed by atoms with E-state index in [0.29, 0.717) is 47.4 Å². The maximum absolute atomic E-state index is 13.5. The monoisotopic (exact) mass is 854 g/mol. The third kappa shape index (κ3) is 8.25. The van der Waals surface area contributed by atoms with Crippen LogP contribution in [-0.4, -0.2) is 74.7 Å². The third-order valence-electron chi connectivity index (χ3n) is 11.0. The summed E-state index contributed by atoms with van der Waals surface area (Å²) in [7, 11) is 0. The van der Waals surface area contributed by atoms with Gasteiger partial charge in [0.05, 0.1) is 36.1 Å². The van der Waals surface area contributed by atoms with Gasteiger partial charge >= 0.3 is 6.09 Å². The average molecular weight is 855 g/mol. The van der Waals surface area contributed by atoms with Crippen molar-refractivity contribution in [2.45, 2.75) is 64.4 Å². The van der Waals surface area contributed by atoms with Crippen LogP contribution in [0.2, 0.25) is 0 Å². The number of anilines is 2. The lowest BCUT2D eigenvalue weighted by atomic mass is 9.93. The Morgan fingerprint density at radius 1 is 0.710 bits per heavy atom. The van der Waals surface area contributed by atoms with Crippen molar-refractivity contribution in [1.29, 1.82) is 0 Å². The van der Waals surface area contributed by atoms with E-state index >= 15 is 0 Å². The number of carbonyl (C=O) groups excluding carboxylic acids is 5. The zero-order chi connectivity index (χ0) is 42.4. The van der Waals surface area contributed by atoms with Gasteiger partial charge in [0.2, 0.25) is 11.8 Å². The predicted molar refractivity (Wildman–Crippen MR) is 238 cm³/mol. The van der Waals surface area contributed by atoms with Crippen molar-refractivity contribution in [2.24, 2.45) is 10.2 Å². The molecule has 0 saturated heterocycles. The normalized spacial score (nSPS) is 17.2. The van der Waals surface area contributed by atoms with Crippen molar-refractivity contribution in [2.75, 3.05) is 10.6 Å². The van der Waals surface area contributed by atoms with Crippen LogP contribution >= 0.6 is 12.4 Å². The molecule has 2 aromatic heterocycles. The van der Waals surface area contributed by atoms with Gasteiger partial charge in [-0.1, -0.05) is 48.5 Å². The number of rotatable bonds is 4. The molecule has 4 aromatic carbocycles. The second-order valence-corrected chi connectivity index (χ2v) is 16.3. The highest BCUT2D eigenvalue weighted by molar-refractivity contribution is 6.17. The SMILES string of the molecule is CC(C)(C)OC(=O)N1Cc2ccccc2CC1C(=O)Nc1cc2c3c(c[nH]c3c1)C=NNC2=O.Cl.O=C1NN=Cc2c[nH]c3cc(NC(=O)[C@H]4Cc5ccccc5CN4)cc1c23. The van der Waals surface area contributed by atoms with E-state index in [9.17, 15) is 24.0 Å². The van der Waals surface area contributed by atoms with E-state index in [-0.39, 0.29) is 48.6 Å². The number of amides is 5. The van der Waals surface area contributed by atoms with Gasteiger partial charge in [0.1, 0.15) is 11.6 Å². The standard InChI is InChI=1S/C25H25N5O4.C20H17N5O2.ClH/c1-25(2,3)34-24(33)30-13-15-7-5-4-6-14(15)8-20(30)23(32)28-17-9-18-21-16(11-26-19(21)10-17)12-27-29-22(18)31;26-19-15-6-14(7-16-18(15)13(9-21-16)10-23-25-19)24-20(27)17-5-11-3-1-2-4-12(11)8-22-17;/h4-7,9-12,20,26H,8,13H2,1-3H3,(H,28,32)(H,29,31);1-4,6-7,9-10,17,21-22H,5,8H2,(H,24,27)(H,25,26);1H/t;17-;/m.1./s1. The first kappa shape index (κ1) is 41.4. The van der Waals surface area contributed by atoms with Crippen LogP contribution in [0.3, 0.4) is 0 Å². The lowest BCUT2D eigenvalue weighted by Gasteiger charge is -2.36. The number of fused-ring (bicyclic) bond motifs is 2. The molecule has 316 valence electrons. The predicted octanol–water partition coefficient (Wildman–Crippen LogP) is 5.87. The van der Waals surface area contributed by atoms with Gasteiger partial charge in [0.15, 0.2) is 0 Å². The van der Waals surface area contributed by atoms with Crippen LogP contribution in [0.4, 0.5) is 16.2 Å². The van der Waals surface area contributed by atoms with Crippen LogP contribution < -0.4 is 26.8 Å². The molecule has 0 fully saturated rings. The molecule has 1 unspecified atom stereocenters. The molecule has 16 nitrogen and oxygen atoms in total. The van der Waals surface area contributed by atoms with E-state index in [1.165, 1.54) is 16.0 Å². The van der Waals surface area contributed by atoms with Crippen LogP contribution in [-0.2, 0) is 40.3 Å². The van der Waals surface area contributed by atoms with Crippen LogP contribution in [0, 0.1) is 0 Å². The van der Waals surface area contributed by atoms with E-state index in [4.69, 9.17) is 4.74 Å². The number of aromatic nitrogens is 2. The Labute approximate surface area is 361 Å². The van der Waals surface area contributed by atoms with Gasteiger partial charge in [0.25, 0.3) is 11.8 Å². The molecule has 0 saturated carbocycles. The number of carbonyl (C=O) groups is 5. The zero-order valence-corrected chi connectivity index (χ0v) is 34.7. The minimum Gasteiger partial charge on any atom is -0.444 e. The Morgan fingerprint density at radius 2 is 1.23 bits per heavy atom. The Hall–Kier alpha value is -7.30. The summed E-state index contributed by atoms with van der Waals surface area (Å²) in [5, 5.41) is 18.5. The highest BCUT2D eigenvalue weighted by atomic mass is 35.5. The molecule has 0 bridgehead atoms. The molecule has 4 aliphatic rings. The van der Waals surface area contributed by atoms with Crippen molar-refractivity contribution in [3.05, 3.63) is 130 Å². The number of hydrazone groups is 2. The van der Waals surface area contributed by atoms with E-state index in [1.54, 1.807) is 63.8 Å². The fourth-order valence-corrected chi connectivity index (χ4v) is 8.10. The van der Waals surface area contributed by atoms with Crippen LogP contribution in [0.5, 0.6) is 0 Å². The Bertz CT molecular complexity index is 2860. The van der Waals surface area contributed by atoms with Crippen molar-refractivity contribution < 1.29 is 28.7 Å². The number of H-pyrrole nitrogens is 2. The summed E-state index contributed by atoms with van der Waals surface area (Å²) < 4.78 is 5.59. The fraction of sp³-hybridized carbons (Fsp3) is 0.222. The molecule has 4 aliphatic heterocycles. The summed E-state index contributed by atoms with van der Waals surface area (Å²) in [5.74, 6) is -1.13. The third-order valence-corrected chi connectivity index (χ3v) is 11.0. The van der Waals surface area contributed by atoms with Crippen molar-refractivity contribution in [3.8, 4) is 0 Å². The smallest absolute Gasteiger partial charge is 0.411 e. The van der Waals surface area contributed by atoms with Gasteiger partial charge in [-0.15, -0.1) is 12.4 Å². The van der Waals surface area contributed by atoms with Crippen LogP contribution in [0.15, 0.2) is 95.4 Å². The van der Waals surface area contributed by atoms with Crippen molar-refractivity contribution in [1.82, 2.24) is 31.0 Å². The quantitative estimate of drug-likeness (QED) is 0.115. The molecule has 17 heteroatoms. The van der Waals surface area contributed by atoms with Gasteiger partial charge in [-0.2, -0.15) is 10.2 Å². The first-order valence-electron chi connectivity index (χ1n) is 19.8. The molecular formula is C45H43ClN10O6. The maximum Gasteiger partial charge on any atom is 0.411 e. The largest absolute Gasteiger partial charge is 0.444 e. The summed E-state index contributed by atoms with van der Waals surface area (Å²) in [6, 6.07) is 21.7. The van der Waals surface area contributed by atoms with Crippen molar-refractivity contribution >= 4 is 87.7 Å². The van der Waals surface area contributed by atoms with Gasteiger partial charge in [-0.3, -0.25) is 24.1 Å². The second kappa shape index (κ2) is 16.6. The number of nitrogens with one attached hydrogen (secondary N) is 7. The molecule has 0 spiro atoms. The lowest BCUT2D eigenvalue weighted by molar-refractivity contribution is -0.122. The Kier molecular flexibility index (Phi) is 11.1. The van der Waals surface area contributed by atoms with E-state index in [2.05, 4.69) is 59.1 Å². The Morgan fingerprint density at radius 3 is 1.79 bits per heavy atom. The summed E-state index contributed by atoms with van der Waals surface area (Å²) in [4.78, 5) is 71.8. The number of hydrogen-bond acceptors (Lipinski definition) is 9. The molecule has 2 atom stereocenters. The number of nitrogens with zero attached hydrogens (tertiary/aromatic N) is 3. The summed E-state index contributed by atoms with van der Waals surface area (Å²) in [6.45, 7) is 6.31. The van der Waals surface area contributed by atoms with Gasteiger partial charge in [-0.05, 0) is 73.7 Å². The number of hydrogen-bond donors (Lipinski definition) is 7. The van der Waals surface area contributed by atoms with Gasteiger partial charge in [-0.25, -0.2) is 15.6 Å². The highest BCUT2D eigenvalue weighted by Crippen LogP contribution is 2.31. The number of aromatic amines is 2. The molecule has 62 heavy (non-hydrogen) atoms. The first-order valence-corrected chi connectivity index (χ1v) is 19.8. The number of benzene rings is 4. The Balaban J connectivity index is 0.000000172. The molecule has 6 aromatic rings. The van der Waals surface area contributed by atoms with E-state index in [0.717, 1.165) is 38.5 Å². The van der Waals surface area contributed by atoms with Crippen molar-refractivity contribution in [3.63, 3.8) is 0 Å². The second-order valence-electron chi connectivity index (χ2n) is 16.3. The molecule has 7 N–H and O–H groups in total. The molecule has 10 rings (SSSR count). The molecule has 0 aliphatic carbocycles. The number of halogens is 1. The number of ether oxygens (including phenoxy) is 1. The van der Waals surface area contributed by atoms with E-state index in [1.807, 2.05) is 42.5 Å². The fourth-order valence-electron chi connectivity index (χ4n) is 8.10. The topological polar surface area (TPSA) is 214 Å². The molecule has 6 heterocycles. The highest BCUT2D eigenvalue weighted by Gasteiger charge is 2.37. The minimum atomic E-state index is -0.768. The van der Waals surface area contributed by atoms with Crippen LogP contribution in [0.25, 0.3) is 21.8 Å². The van der Waals surface area contributed by atoms with Gasteiger partial charge in [0, 0.05) is 69.7 Å². The zero-order valence-electron chi connectivity index (χ0n) is 33.9. The summed E-state index contributed by atoms with van der Waals surface area (Å²) in [6.07, 6.45) is 7.18. The summed E-state index contributed by atoms with van der Waals surface area (Å²) >= 11 is 0. The molecule has 0 radical (unpaired) electrons. The summed E-state index contributed by atoms with van der Waals surface area (Å²) in [5.41, 5.74) is 13.7. The lowest BCUT2D eigenvalue weighted by Crippen LogP contribution is -2.52. The van der Waals surface area contributed by atoms with Gasteiger partial charge < -0.3 is 30.7 Å². The van der Waals surface area contributed by atoms with E-state index < -0.39 is 17.7 Å². The maximum atomic E-state index is 13.5. The molecular weight excluding hydrogens is 812 g/mol.